The summed E-state index contributed by atoms with van der Waals surface area (Å²) in [6, 6.07) is 7.55. The van der Waals surface area contributed by atoms with Gasteiger partial charge in [0.05, 0.1) is 38.2 Å². The summed E-state index contributed by atoms with van der Waals surface area (Å²) in [6.45, 7) is 15.0. The maximum absolute atomic E-state index is 10.3. The second-order valence-electron chi connectivity index (χ2n) is 7.86. The van der Waals surface area contributed by atoms with Crippen molar-refractivity contribution in [3.63, 3.8) is 0 Å². The number of nitrogens with zero attached hydrogens (tertiary/aromatic N) is 1. The molecule has 0 aromatic heterocycles. The van der Waals surface area contributed by atoms with Gasteiger partial charge in [0.1, 0.15) is 0 Å². The molecule has 4 heteroatoms. The summed E-state index contributed by atoms with van der Waals surface area (Å²) >= 11 is 0. The van der Waals surface area contributed by atoms with Crippen molar-refractivity contribution < 1.29 is 14.4 Å². The molecule has 0 fully saturated rings. The molecule has 0 saturated heterocycles. The first-order valence-electron chi connectivity index (χ1n) is 11.3. The van der Waals surface area contributed by atoms with Crippen molar-refractivity contribution in [3.05, 3.63) is 35.9 Å². The Bertz CT molecular complexity index is 453. The molecule has 162 valence electrons. The minimum absolute atomic E-state index is 0.563. The fraction of sp³-hybridized carbons (Fsp3) is 0.708. The minimum atomic E-state index is -1.25. The number of quaternary nitrogens is 1. The summed E-state index contributed by atoms with van der Waals surface area (Å²) in [5.74, 6) is -1.25. The molecule has 28 heavy (non-hydrogen) atoms. The zero-order valence-electron chi connectivity index (χ0n) is 18.8. The maximum atomic E-state index is 10.3. The van der Waals surface area contributed by atoms with E-state index < -0.39 is 12.0 Å². The maximum Gasteiger partial charge on any atom is 0.0786 e. The van der Waals surface area contributed by atoms with Crippen LogP contribution in [0.25, 0.3) is 0 Å². The molecule has 4 nitrogen and oxygen atoms in total. The van der Waals surface area contributed by atoms with Gasteiger partial charge in [-0.25, -0.2) is 0 Å². The van der Waals surface area contributed by atoms with Crippen molar-refractivity contribution in [1.82, 2.24) is 0 Å². The second kappa shape index (κ2) is 16.6. The summed E-state index contributed by atoms with van der Waals surface area (Å²) in [4.78, 5) is 10.3. The Morgan fingerprint density at radius 1 is 0.821 bits per heavy atom. The molecule has 0 radical (unpaired) electrons. The van der Waals surface area contributed by atoms with E-state index >= 15 is 0 Å². The topological polar surface area (TPSA) is 66.2 Å². The van der Waals surface area contributed by atoms with E-state index in [-0.39, 0.29) is 0 Å². The largest absolute Gasteiger partial charge is 0.548 e. The molecule has 1 atom stereocenters. The van der Waals surface area contributed by atoms with E-state index in [1.807, 2.05) is 0 Å². The average molecular weight is 393 g/mol. The van der Waals surface area contributed by atoms with Gasteiger partial charge in [-0.2, -0.15) is 0 Å². The Morgan fingerprint density at radius 2 is 1.18 bits per heavy atom. The summed E-state index contributed by atoms with van der Waals surface area (Å²) < 4.78 is 1.42. The smallest absolute Gasteiger partial charge is 0.0786 e. The molecule has 2 N–H and O–H groups in total. The van der Waals surface area contributed by atoms with Crippen molar-refractivity contribution in [2.75, 3.05) is 26.2 Å². The van der Waals surface area contributed by atoms with Crippen molar-refractivity contribution in [2.24, 2.45) is 5.73 Å². The van der Waals surface area contributed by atoms with Crippen LogP contribution in [0.15, 0.2) is 30.3 Å². The number of rotatable bonds is 14. The molecular formula is C24H44N2O2. The molecule has 1 unspecified atom stereocenters. The van der Waals surface area contributed by atoms with Crippen molar-refractivity contribution >= 4 is 5.97 Å². The van der Waals surface area contributed by atoms with Gasteiger partial charge in [0.15, 0.2) is 0 Å². The molecule has 0 aliphatic heterocycles. The van der Waals surface area contributed by atoms with Crippen LogP contribution in [0, 0.1) is 0 Å². The second-order valence-corrected chi connectivity index (χ2v) is 7.86. The summed E-state index contributed by atoms with van der Waals surface area (Å²) in [6.07, 6.45) is 11.1. The lowest BCUT2D eigenvalue weighted by atomic mass is 10.1. The first kappa shape index (κ1) is 26.6. The number of unbranched alkanes of at least 4 members (excludes halogenated alkanes) is 4. The van der Waals surface area contributed by atoms with E-state index in [0.717, 1.165) is 0 Å². The van der Waals surface area contributed by atoms with E-state index in [1.165, 1.54) is 82.0 Å². The Kier molecular flexibility index (Phi) is 15.7. The predicted octanol–water partition coefficient (Wildman–Crippen LogP) is 4.44. The molecule has 1 aromatic carbocycles. The molecule has 0 heterocycles. The van der Waals surface area contributed by atoms with Crippen molar-refractivity contribution in [1.29, 1.82) is 0 Å². The molecule has 0 aliphatic rings. The van der Waals surface area contributed by atoms with Gasteiger partial charge >= 0.3 is 0 Å². The highest BCUT2D eigenvalue weighted by atomic mass is 16.4. The van der Waals surface area contributed by atoms with E-state index in [0.29, 0.717) is 5.56 Å². The van der Waals surface area contributed by atoms with Gasteiger partial charge in [0, 0.05) is 0 Å². The highest BCUT2D eigenvalue weighted by molar-refractivity contribution is 5.72. The number of carboxylic acids is 1. The zero-order valence-corrected chi connectivity index (χ0v) is 18.8. The quantitative estimate of drug-likeness (QED) is 0.476. The van der Waals surface area contributed by atoms with Crippen LogP contribution in [0.1, 0.15) is 90.7 Å². The molecule has 0 spiro atoms. The molecule has 0 aliphatic carbocycles. The van der Waals surface area contributed by atoms with Crippen molar-refractivity contribution in [3.8, 4) is 0 Å². The van der Waals surface area contributed by atoms with Gasteiger partial charge in [0.25, 0.3) is 0 Å². The number of hydrogen-bond acceptors (Lipinski definition) is 3. The molecular weight excluding hydrogens is 348 g/mol. The van der Waals surface area contributed by atoms with Gasteiger partial charge in [0.2, 0.25) is 0 Å². The summed E-state index contributed by atoms with van der Waals surface area (Å²) in [5.41, 5.74) is 5.84. The lowest BCUT2D eigenvalue weighted by Crippen LogP contribution is -2.50. The Morgan fingerprint density at radius 3 is 1.46 bits per heavy atom. The van der Waals surface area contributed by atoms with Gasteiger partial charge in [-0.05, 0) is 31.2 Å². The normalized spacial score (nSPS) is 12.2. The summed E-state index contributed by atoms with van der Waals surface area (Å²) in [5, 5.41) is 10.3. The van der Waals surface area contributed by atoms with Crippen LogP contribution in [0.3, 0.4) is 0 Å². The molecule has 0 bridgehead atoms. The SMILES string of the molecule is CCCC[N+](CCCC)(CCCC)CCCC.NC(C(=O)[O-])c1ccccc1. The van der Waals surface area contributed by atoms with Crippen LogP contribution in [0.5, 0.6) is 0 Å². The fourth-order valence-electron chi connectivity index (χ4n) is 3.44. The van der Waals surface area contributed by atoms with Crippen LogP contribution < -0.4 is 10.8 Å². The minimum Gasteiger partial charge on any atom is -0.548 e. The Labute approximate surface area is 173 Å². The highest BCUT2D eigenvalue weighted by Gasteiger charge is 2.24. The number of benzene rings is 1. The third-order valence-corrected chi connectivity index (χ3v) is 5.36. The Balaban J connectivity index is 0.000000567. The Hall–Kier alpha value is -1.39. The van der Waals surface area contributed by atoms with E-state index in [1.54, 1.807) is 30.3 Å². The average Bonchev–Trinajstić information content (AvgIpc) is 2.73. The first-order valence-corrected chi connectivity index (χ1v) is 11.3. The summed E-state index contributed by atoms with van der Waals surface area (Å²) in [7, 11) is 0. The number of carboxylic acid groups (broad SMARTS) is 1. The fourth-order valence-corrected chi connectivity index (χ4v) is 3.44. The lowest BCUT2D eigenvalue weighted by molar-refractivity contribution is -0.929. The van der Waals surface area contributed by atoms with Crippen molar-refractivity contribution in [2.45, 2.75) is 85.1 Å². The number of aliphatic carboxylic acids is 1. The van der Waals surface area contributed by atoms with Crippen LogP contribution in [0.4, 0.5) is 0 Å². The van der Waals surface area contributed by atoms with Crippen LogP contribution in [-0.2, 0) is 4.79 Å². The van der Waals surface area contributed by atoms with Gasteiger partial charge in [-0.1, -0.05) is 83.7 Å². The standard InChI is InChI=1S/C16H36N.C8H9NO2/c1-5-9-13-17(14-10-6-2,15-11-7-3)16-12-8-4;9-7(8(10)11)6-4-2-1-3-5-6/h5-16H2,1-4H3;1-5,7H,9H2,(H,10,11)/q+1;/p-1. The van der Waals surface area contributed by atoms with E-state index in [2.05, 4.69) is 27.7 Å². The first-order chi connectivity index (χ1) is 13.5. The third kappa shape index (κ3) is 11.5. The number of carbonyl (C=O) groups excluding carboxylic acids is 1. The van der Waals surface area contributed by atoms with Gasteiger partial charge in [-0.15, -0.1) is 0 Å². The monoisotopic (exact) mass is 392 g/mol. The third-order valence-electron chi connectivity index (χ3n) is 5.36. The highest BCUT2D eigenvalue weighted by Crippen LogP contribution is 2.16. The molecule has 1 aromatic rings. The van der Waals surface area contributed by atoms with Gasteiger partial charge in [-0.3, -0.25) is 0 Å². The predicted molar refractivity (Wildman–Crippen MR) is 118 cm³/mol. The molecule has 1 rings (SSSR count). The van der Waals surface area contributed by atoms with E-state index in [4.69, 9.17) is 5.73 Å². The van der Waals surface area contributed by atoms with E-state index in [9.17, 15) is 9.90 Å². The zero-order chi connectivity index (χ0) is 21.3. The van der Waals surface area contributed by atoms with Crippen LogP contribution in [0.2, 0.25) is 0 Å². The molecule has 0 saturated carbocycles. The van der Waals surface area contributed by atoms with Crippen LogP contribution >= 0.6 is 0 Å². The lowest BCUT2D eigenvalue weighted by Gasteiger charge is -2.39. The number of carbonyl (C=O) groups is 1. The number of nitrogens with two attached hydrogens (primary N) is 1. The number of hydrogen-bond donors (Lipinski definition) is 1. The van der Waals surface area contributed by atoms with Gasteiger partial charge < -0.3 is 20.1 Å². The molecule has 0 amide bonds. The van der Waals surface area contributed by atoms with Crippen LogP contribution in [-0.4, -0.2) is 36.6 Å².